The van der Waals surface area contributed by atoms with Gasteiger partial charge in [0.15, 0.2) is 0 Å². The number of benzene rings is 1. The maximum Gasteiger partial charge on any atom is 0.301 e. The molecule has 1 aliphatic heterocycles. The number of rotatable bonds is 4. The maximum atomic E-state index is 12.5. The summed E-state index contributed by atoms with van der Waals surface area (Å²) in [5.74, 6) is -0.987. The van der Waals surface area contributed by atoms with Crippen LogP contribution in [0.2, 0.25) is 0 Å². The van der Waals surface area contributed by atoms with E-state index < -0.39 is 28.3 Å². The summed E-state index contributed by atoms with van der Waals surface area (Å²) in [5, 5.41) is 16.7. The first-order valence-electron chi connectivity index (χ1n) is 7.77. The lowest BCUT2D eigenvalue weighted by Crippen LogP contribution is -2.45. The first kappa shape index (κ1) is 16.7. The van der Waals surface area contributed by atoms with Gasteiger partial charge in [0.2, 0.25) is 0 Å². The lowest BCUT2D eigenvalue weighted by molar-refractivity contribution is -0.509. The zero-order valence-electron chi connectivity index (χ0n) is 14.0. The molecule has 9 nitrogen and oxygen atoms in total. The van der Waals surface area contributed by atoms with Gasteiger partial charge in [-0.15, -0.1) is 0 Å². The zero-order valence-corrected chi connectivity index (χ0v) is 14.0. The third-order valence-electron chi connectivity index (χ3n) is 4.30. The number of carbonyl (C=O) groups is 1. The Balaban J connectivity index is 2.27. The van der Waals surface area contributed by atoms with Crippen molar-refractivity contribution in [3.05, 3.63) is 55.9 Å². The van der Waals surface area contributed by atoms with Crippen molar-refractivity contribution in [2.45, 2.75) is 31.8 Å². The van der Waals surface area contributed by atoms with Gasteiger partial charge in [-0.1, -0.05) is 12.1 Å². The van der Waals surface area contributed by atoms with Gasteiger partial charge in [0, 0.05) is 11.0 Å². The summed E-state index contributed by atoms with van der Waals surface area (Å²) in [5.41, 5.74) is 0.204. The van der Waals surface area contributed by atoms with E-state index in [4.69, 9.17) is 4.74 Å². The molecular formula is C16H18N4O5. The summed E-state index contributed by atoms with van der Waals surface area (Å²) in [4.78, 5) is 35.8. The molecule has 132 valence electrons. The average molecular weight is 346 g/mol. The molecule has 0 saturated heterocycles. The van der Waals surface area contributed by atoms with Crippen LogP contribution < -0.4 is 15.6 Å². The van der Waals surface area contributed by atoms with Crippen LogP contribution in [0.15, 0.2) is 29.1 Å². The number of aromatic amines is 1. The molecule has 1 aliphatic rings. The molecule has 9 heteroatoms. The zero-order chi connectivity index (χ0) is 18.3. The third-order valence-corrected chi connectivity index (χ3v) is 4.30. The third kappa shape index (κ3) is 2.67. The summed E-state index contributed by atoms with van der Waals surface area (Å²) >= 11 is 0. The summed E-state index contributed by atoms with van der Waals surface area (Å²) < 4.78 is 6.68. The molecule has 0 fully saturated rings. The molecule has 25 heavy (non-hydrogen) atoms. The summed E-state index contributed by atoms with van der Waals surface area (Å²) in [6.45, 7) is 3.67. The van der Waals surface area contributed by atoms with Crippen molar-refractivity contribution in [1.29, 1.82) is 0 Å². The van der Waals surface area contributed by atoms with Crippen molar-refractivity contribution in [2.75, 3.05) is 12.4 Å². The number of fused-ring (bicyclic) bond motifs is 1. The molecule has 0 unspecified atom stereocenters. The summed E-state index contributed by atoms with van der Waals surface area (Å²) in [6, 6.07) is 4.90. The molecule has 0 saturated carbocycles. The Bertz CT molecular complexity index is 898. The number of carbonyl (C=O) groups excluding carboxylic acids is 1. The predicted molar refractivity (Wildman–Crippen MR) is 89.7 cm³/mol. The Kier molecular flexibility index (Phi) is 4.07. The molecule has 0 aliphatic carbocycles. The van der Waals surface area contributed by atoms with Crippen LogP contribution in [0.1, 0.15) is 36.9 Å². The van der Waals surface area contributed by atoms with Gasteiger partial charge >= 0.3 is 11.9 Å². The van der Waals surface area contributed by atoms with Crippen molar-refractivity contribution >= 4 is 11.7 Å². The number of anilines is 1. The lowest BCUT2D eigenvalue weighted by Gasteiger charge is -2.26. The fraction of sp³-hybridized carbons (Fsp3) is 0.375. The molecule has 0 bridgehead atoms. The minimum absolute atomic E-state index is 0.130. The lowest BCUT2D eigenvalue weighted by atomic mass is 9.83. The predicted octanol–water partition coefficient (Wildman–Crippen LogP) is 1.50. The second-order valence-electron chi connectivity index (χ2n) is 6.14. The van der Waals surface area contributed by atoms with E-state index in [1.54, 1.807) is 24.3 Å². The fourth-order valence-corrected chi connectivity index (χ4v) is 3.17. The Morgan fingerprint density at radius 2 is 2.04 bits per heavy atom. The van der Waals surface area contributed by atoms with E-state index in [-0.39, 0.29) is 17.4 Å². The van der Waals surface area contributed by atoms with Crippen LogP contribution in [0.25, 0.3) is 0 Å². The van der Waals surface area contributed by atoms with Gasteiger partial charge in [-0.3, -0.25) is 29.5 Å². The van der Waals surface area contributed by atoms with Crippen LogP contribution in [0.3, 0.4) is 0 Å². The largest absolute Gasteiger partial charge is 0.497 e. The number of ether oxygens (including phenoxy) is 1. The second-order valence-corrected chi connectivity index (χ2v) is 6.14. The highest BCUT2D eigenvalue weighted by Crippen LogP contribution is 2.38. The van der Waals surface area contributed by atoms with Crippen LogP contribution in [0, 0.1) is 10.1 Å². The highest BCUT2D eigenvalue weighted by molar-refractivity contribution is 5.97. The van der Waals surface area contributed by atoms with Crippen LogP contribution in [-0.2, 0) is 4.79 Å². The van der Waals surface area contributed by atoms with Crippen molar-refractivity contribution in [3.63, 3.8) is 0 Å². The van der Waals surface area contributed by atoms with E-state index in [0.29, 0.717) is 11.3 Å². The fourth-order valence-electron chi connectivity index (χ4n) is 3.17. The Morgan fingerprint density at radius 3 is 2.64 bits per heavy atom. The number of nitro groups is 1. The second kappa shape index (κ2) is 6.08. The van der Waals surface area contributed by atoms with Gasteiger partial charge in [0.05, 0.1) is 18.6 Å². The van der Waals surface area contributed by atoms with E-state index >= 15 is 0 Å². The maximum absolute atomic E-state index is 12.5. The van der Waals surface area contributed by atoms with Crippen molar-refractivity contribution < 1.29 is 14.5 Å². The quantitative estimate of drug-likeness (QED) is 0.642. The highest BCUT2D eigenvalue weighted by Gasteiger charge is 2.48. The van der Waals surface area contributed by atoms with Crippen molar-refractivity contribution in [2.24, 2.45) is 0 Å². The Hall–Kier alpha value is -3.10. The van der Waals surface area contributed by atoms with Crippen molar-refractivity contribution in [3.8, 4) is 5.75 Å². The smallest absolute Gasteiger partial charge is 0.301 e. The number of aromatic nitrogens is 2. The minimum Gasteiger partial charge on any atom is -0.497 e. The first-order chi connectivity index (χ1) is 11.8. The highest BCUT2D eigenvalue weighted by atomic mass is 16.6. The van der Waals surface area contributed by atoms with Gasteiger partial charge in [0.25, 0.3) is 5.56 Å². The van der Waals surface area contributed by atoms with Gasteiger partial charge in [-0.2, -0.15) is 0 Å². The van der Waals surface area contributed by atoms with Crippen LogP contribution >= 0.6 is 0 Å². The number of amides is 1. The number of H-pyrrole nitrogens is 1. The molecule has 3 rings (SSSR count). The molecule has 0 radical (unpaired) electrons. The number of hydrogen-bond acceptors (Lipinski definition) is 5. The molecule has 2 N–H and O–H groups in total. The van der Waals surface area contributed by atoms with Crippen LogP contribution in [0.5, 0.6) is 5.75 Å². The standard InChI is InChI=1S/C16H18N4O5/c1-8(2)19-14-12(15(21)18-19)11(13(20(23)24)16(22)17-14)9-5-4-6-10(7-9)25-3/h4-8,11,13H,1-3H3,(H,17,22)(H,18,21)/t11-,13+/m0/s1. The van der Waals surface area contributed by atoms with E-state index in [1.807, 2.05) is 13.8 Å². The van der Waals surface area contributed by atoms with Gasteiger partial charge < -0.3 is 10.1 Å². The Labute approximate surface area is 142 Å². The number of hydrogen-bond donors (Lipinski definition) is 2. The number of nitrogens with zero attached hydrogens (tertiary/aromatic N) is 2. The molecular weight excluding hydrogens is 328 g/mol. The van der Waals surface area contributed by atoms with E-state index in [2.05, 4.69) is 10.4 Å². The van der Waals surface area contributed by atoms with Gasteiger partial charge in [-0.25, -0.2) is 0 Å². The summed E-state index contributed by atoms with van der Waals surface area (Å²) in [6.07, 6.45) is 0. The molecule has 2 atom stereocenters. The van der Waals surface area contributed by atoms with Crippen molar-refractivity contribution in [1.82, 2.24) is 9.78 Å². The SMILES string of the molecule is COc1cccc([C@H]2c3c(n(C(C)C)[nH]c3=O)NC(=O)[C@@H]2[N+](=O)[O-])c1. The molecule has 2 heterocycles. The van der Waals surface area contributed by atoms with E-state index in [0.717, 1.165) is 0 Å². The summed E-state index contributed by atoms with van der Waals surface area (Å²) in [7, 11) is 1.48. The number of nitrogens with one attached hydrogen (secondary N) is 2. The van der Waals surface area contributed by atoms with Crippen LogP contribution in [-0.4, -0.2) is 33.8 Å². The number of methoxy groups -OCH3 is 1. The Morgan fingerprint density at radius 1 is 1.32 bits per heavy atom. The van der Waals surface area contributed by atoms with E-state index in [9.17, 15) is 19.7 Å². The molecule has 1 amide bonds. The first-order valence-corrected chi connectivity index (χ1v) is 7.77. The van der Waals surface area contributed by atoms with Gasteiger partial charge in [0.1, 0.15) is 11.6 Å². The minimum atomic E-state index is -1.59. The van der Waals surface area contributed by atoms with Crippen LogP contribution in [0.4, 0.5) is 5.82 Å². The monoisotopic (exact) mass is 346 g/mol. The van der Waals surface area contributed by atoms with E-state index in [1.165, 1.54) is 11.8 Å². The molecule has 1 aromatic carbocycles. The molecule has 2 aromatic rings. The normalized spacial score (nSPS) is 19.4. The topological polar surface area (TPSA) is 119 Å². The average Bonchev–Trinajstić information content (AvgIpc) is 2.90. The van der Waals surface area contributed by atoms with Gasteiger partial charge in [-0.05, 0) is 31.5 Å². The molecule has 1 aromatic heterocycles. The molecule has 0 spiro atoms.